The minimum atomic E-state index is -0.208. The smallest absolute Gasteiger partial charge is 0.302 e. The van der Waals surface area contributed by atoms with Gasteiger partial charge in [-0.05, 0) is 26.2 Å². The zero-order valence-electron chi connectivity index (χ0n) is 9.45. The van der Waals surface area contributed by atoms with E-state index in [1.807, 2.05) is 0 Å². The molecule has 0 amide bonds. The Balaban J connectivity index is 2.36. The fourth-order valence-electron chi connectivity index (χ4n) is 1.25. The molecule has 0 atom stereocenters. The lowest BCUT2D eigenvalue weighted by molar-refractivity contribution is -0.140. The third kappa shape index (κ3) is 4.95. The summed E-state index contributed by atoms with van der Waals surface area (Å²) in [6, 6.07) is 4.24. The van der Waals surface area contributed by atoms with Crippen molar-refractivity contribution in [2.75, 3.05) is 20.7 Å². The standard InChI is InChI=1S/C11H17NO2S/c1-9(13)14-7-6-10-4-5-11(15-10)8-12(2)3/h4-5H,6-8H2,1-3H3. The lowest BCUT2D eigenvalue weighted by Gasteiger charge is -2.06. The SMILES string of the molecule is CC(=O)OCCc1ccc(CN(C)C)s1. The van der Waals surface area contributed by atoms with Crippen molar-refractivity contribution in [1.29, 1.82) is 0 Å². The minimum absolute atomic E-state index is 0.208. The second kappa shape index (κ2) is 5.88. The first-order chi connectivity index (χ1) is 7.08. The van der Waals surface area contributed by atoms with Crippen molar-refractivity contribution in [1.82, 2.24) is 4.90 Å². The molecule has 0 aliphatic rings. The Labute approximate surface area is 94.7 Å². The molecule has 1 aromatic rings. The number of esters is 1. The van der Waals surface area contributed by atoms with Gasteiger partial charge in [0, 0.05) is 29.6 Å². The van der Waals surface area contributed by atoms with E-state index in [4.69, 9.17) is 4.74 Å². The van der Waals surface area contributed by atoms with Crippen LogP contribution >= 0.6 is 11.3 Å². The van der Waals surface area contributed by atoms with Crippen LogP contribution in [0.25, 0.3) is 0 Å². The van der Waals surface area contributed by atoms with E-state index in [1.165, 1.54) is 16.7 Å². The highest BCUT2D eigenvalue weighted by molar-refractivity contribution is 7.11. The van der Waals surface area contributed by atoms with Gasteiger partial charge in [-0.1, -0.05) is 0 Å². The number of rotatable bonds is 5. The summed E-state index contributed by atoms with van der Waals surface area (Å²) in [5.41, 5.74) is 0. The highest BCUT2D eigenvalue weighted by Crippen LogP contribution is 2.18. The number of thiophene rings is 1. The first-order valence-electron chi connectivity index (χ1n) is 4.93. The third-order valence-electron chi connectivity index (χ3n) is 1.84. The maximum atomic E-state index is 10.6. The monoisotopic (exact) mass is 227 g/mol. The van der Waals surface area contributed by atoms with Crippen molar-refractivity contribution in [3.05, 3.63) is 21.9 Å². The Morgan fingerprint density at radius 2 is 2.07 bits per heavy atom. The van der Waals surface area contributed by atoms with Crippen molar-refractivity contribution in [3.63, 3.8) is 0 Å². The molecule has 1 aromatic heterocycles. The second-order valence-corrected chi connectivity index (χ2v) is 4.95. The molecule has 15 heavy (non-hydrogen) atoms. The van der Waals surface area contributed by atoms with Crippen LogP contribution in [0.3, 0.4) is 0 Å². The predicted molar refractivity (Wildman–Crippen MR) is 62.0 cm³/mol. The van der Waals surface area contributed by atoms with Crippen LogP contribution in [0.4, 0.5) is 0 Å². The Bertz CT molecular complexity index is 320. The van der Waals surface area contributed by atoms with E-state index >= 15 is 0 Å². The van der Waals surface area contributed by atoms with E-state index in [1.54, 1.807) is 11.3 Å². The summed E-state index contributed by atoms with van der Waals surface area (Å²) in [7, 11) is 4.11. The average Bonchev–Trinajstić information content (AvgIpc) is 2.50. The summed E-state index contributed by atoms with van der Waals surface area (Å²) in [5.74, 6) is -0.208. The van der Waals surface area contributed by atoms with Gasteiger partial charge in [-0.25, -0.2) is 0 Å². The number of hydrogen-bond acceptors (Lipinski definition) is 4. The van der Waals surface area contributed by atoms with E-state index in [0.29, 0.717) is 6.61 Å². The number of ether oxygens (including phenoxy) is 1. The molecule has 0 N–H and O–H groups in total. The van der Waals surface area contributed by atoms with Crippen LogP contribution in [-0.4, -0.2) is 31.6 Å². The van der Waals surface area contributed by atoms with E-state index in [0.717, 1.165) is 13.0 Å². The zero-order chi connectivity index (χ0) is 11.3. The predicted octanol–water partition coefficient (Wildman–Crippen LogP) is 1.92. The quantitative estimate of drug-likeness (QED) is 0.720. The van der Waals surface area contributed by atoms with E-state index < -0.39 is 0 Å². The number of hydrogen-bond donors (Lipinski definition) is 0. The highest BCUT2D eigenvalue weighted by atomic mass is 32.1. The van der Waals surface area contributed by atoms with Crippen LogP contribution in [0, 0.1) is 0 Å². The summed E-state index contributed by atoms with van der Waals surface area (Å²) in [6.45, 7) is 2.89. The van der Waals surface area contributed by atoms with Crippen molar-refractivity contribution in [2.45, 2.75) is 19.9 Å². The van der Waals surface area contributed by atoms with Crippen molar-refractivity contribution < 1.29 is 9.53 Å². The zero-order valence-corrected chi connectivity index (χ0v) is 10.3. The second-order valence-electron chi connectivity index (χ2n) is 3.70. The molecule has 0 radical (unpaired) electrons. The molecule has 1 rings (SSSR count). The topological polar surface area (TPSA) is 29.5 Å². The van der Waals surface area contributed by atoms with Gasteiger partial charge in [0.2, 0.25) is 0 Å². The van der Waals surface area contributed by atoms with Crippen molar-refractivity contribution in [3.8, 4) is 0 Å². The number of carbonyl (C=O) groups is 1. The van der Waals surface area contributed by atoms with E-state index in [2.05, 4.69) is 31.1 Å². The minimum Gasteiger partial charge on any atom is -0.465 e. The lowest BCUT2D eigenvalue weighted by Crippen LogP contribution is -2.09. The van der Waals surface area contributed by atoms with Crippen LogP contribution in [0.1, 0.15) is 16.7 Å². The van der Waals surface area contributed by atoms with Gasteiger partial charge in [-0.3, -0.25) is 4.79 Å². The molecule has 0 saturated carbocycles. The molecular weight excluding hydrogens is 210 g/mol. The van der Waals surface area contributed by atoms with Gasteiger partial charge in [0.05, 0.1) is 6.61 Å². The molecule has 4 heteroatoms. The molecule has 0 spiro atoms. The maximum Gasteiger partial charge on any atom is 0.302 e. The molecule has 0 bridgehead atoms. The van der Waals surface area contributed by atoms with Gasteiger partial charge in [0.15, 0.2) is 0 Å². The maximum absolute atomic E-state index is 10.6. The van der Waals surface area contributed by atoms with Gasteiger partial charge < -0.3 is 9.64 Å². The van der Waals surface area contributed by atoms with E-state index in [9.17, 15) is 4.79 Å². The molecule has 1 heterocycles. The van der Waals surface area contributed by atoms with Gasteiger partial charge in [0.1, 0.15) is 0 Å². The fourth-order valence-corrected chi connectivity index (χ4v) is 2.37. The highest BCUT2D eigenvalue weighted by Gasteiger charge is 2.02. The summed E-state index contributed by atoms with van der Waals surface area (Å²) < 4.78 is 4.89. The van der Waals surface area contributed by atoms with Crippen LogP contribution in [0.5, 0.6) is 0 Å². The first kappa shape index (κ1) is 12.2. The summed E-state index contributed by atoms with van der Waals surface area (Å²) in [4.78, 5) is 15.3. The van der Waals surface area contributed by atoms with Crippen LogP contribution in [0.15, 0.2) is 12.1 Å². The largest absolute Gasteiger partial charge is 0.465 e. The Kier molecular flexibility index (Phi) is 4.78. The van der Waals surface area contributed by atoms with Gasteiger partial charge in [0.25, 0.3) is 0 Å². The Morgan fingerprint density at radius 1 is 1.40 bits per heavy atom. The van der Waals surface area contributed by atoms with Gasteiger partial charge in [-0.2, -0.15) is 0 Å². The molecule has 0 aliphatic carbocycles. The van der Waals surface area contributed by atoms with Crippen LogP contribution in [-0.2, 0) is 22.5 Å². The lowest BCUT2D eigenvalue weighted by atomic mass is 10.3. The number of carbonyl (C=O) groups excluding carboxylic acids is 1. The van der Waals surface area contributed by atoms with Crippen molar-refractivity contribution >= 4 is 17.3 Å². The summed E-state index contributed by atoms with van der Waals surface area (Å²) in [6.07, 6.45) is 0.817. The normalized spacial score (nSPS) is 10.7. The molecule has 0 unspecified atom stereocenters. The van der Waals surface area contributed by atoms with Crippen LogP contribution < -0.4 is 0 Å². The van der Waals surface area contributed by atoms with Crippen molar-refractivity contribution in [2.24, 2.45) is 0 Å². The number of nitrogens with zero attached hydrogens (tertiary/aromatic N) is 1. The molecule has 0 saturated heterocycles. The Hall–Kier alpha value is -0.870. The summed E-state index contributed by atoms with van der Waals surface area (Å²) >= 11 is 1.78. The van der Waals surface area contributed by atoms with Gasteiger partial charge >= 0.3 is 5.97 Å². The molecule has 3 nitrogen and oxygen atoms in total. The van der Waals surface area contributed by atoms with Crippen LogP contribution in [0.2, 0.25) is 0 Å². The molecular formula is C11H17NO2S. The van der Waals surface area contributed by atoms with E-state index in [-0.39, 0.29) is 5.97 Å². The summed E-state index contributed by atoms with van der Waals surface area (Å²) in [5, 5.41) is 0. The Morgan fingerprint density at radius 3 is 2.67 bits per heavy atom. The first-order valence-corrected chi connectivity index (χ1v) is 5.75. The average molecular weight is 227 g/mol. The molecule has 0 fully saturated rings. The third-order valence-corrected chi connectivity index (χ3v) is 2.97. The van der Waals surface area contributed by atoms with Gasteiger partial charge in [-0.15, -0.1) is 11.3 Å². The molecule has 0 aliphatic heterocycles. The molecule has 0 aromatic carbocycles. The fraction of sp³-hybridized carbons (Fsp3) is 0.545. The molecule has 84 valence electrons.